The van der Waals surface area contributed by atoms with E-state index in [1.54, 1.807) is 0 Å². The second-order valence-electron chi connectivity index (χ2n) is 9.18. The number of fused-ring (bicyclic) bond motifs is 3. The van der Waals surface area contributed by atoms with Gasteiger partial charge in [0.05, 0.1) is 12.2 Å². The molecular weight excluding hydrogens is 272 g/mol. The summed E-state index contributed by atoms with van der Waals surface area (Å²) in [6.45, 7) is 13.0. The standard InChI is InChI=1S/C20H32O2/c1-6-19(4)9-10-20(5)13(12-19)7-8-14-15(20)11-16(21)17(22)18(14,2)3/h6,8,13,15-17,21-22H,1,7,9-12H2,2-5H3/t13-,15-,16+,17-,19-,20-/m0/s1. The Morgan fingerprint density at radius 1 is 1.18 bits per heavy atom. The van der Waals surface area contributed by atoms with Crippen LogP contribution in [0.4, 0.5) is 0 Å². The largest absolute Gasteiger partial charge is 0.390 e. The summed E-state index contributed by atoms with van der Waals surface area (Å²) in [7, 11) is 0. The molecule has 2 fully saturated rings. The summed E-state index contributed by atoms with van der Waals surface area (Å²) in [4.78, 5) is 0. The van der Waals surface area contributed by atoms with E-state index in [0.717, 1.165) is 6.42 Å². The van der Waals surface area contributed by atoms with Crippen molar-refractivity contribution in [2.75, 3.05) is 0 Å². The lowest BCUT2D eigenvalue weighted by Crippen LogP contribution is -2.55. The van der Waals surface area contributed by atoms with Crippen LogP contribution >= 0.6 is 0 Å². The number of aliphatic hydroxyl groups excluding tert-OH is 2. The molecule has 0 amide bonds. The van der Waals surface area contributed by atoms with Crippen LogP contribution in [0.2, 0.25) is 0 Å². The van der Waals surface area contributed by atoms with E-state index in [9.17, 15) is 10.2 Å². The second-order valence-corrected chi connectivity index (χ2v) is 9.18. The van der Waals surface area contributed by atoms with E-state index in [4.69, 9.17) is 0 Å². The molecule has 2 heteroatoms. The molecule has 0 aromatic rings. The van der Waals surface area contributed by atoms with Gasteiger partial charge >= 0.3 is 0 Å². The summed E-state index contributed by atoms with van der Waals surface area (Å²) in [6, 6.07) is 0. The van der Waals surface area contributed by atoms with Crippen molar-refractivity contribution in [1.82, 2.24) is 0 Å². The number of hydrogen-bond acceptors (Lipinski definition) is 2. The molecule has 0 bridgehead atoms. The van der Waals surface area contributed by atoms with Crippen molar-refractivity contribution >= 4 is 0 Å². The SMILES string of the molecule is C=C[C@@]1(C)CC[C@@]2(C)[C@@H](CC=C3[C@@H]2C[C@@H](O)[C@H](O)C3(C)C)C1. The van der Waals surface area contributed by atoms with E-state index < -0.39 is 12.2 Å². The van der Waals surface area contributed by atoms with E-state index >= 15 is 0 Å². The van der Waals surface area contributed by atoms with Gasteiger partial charge in [-0.1, -0.05) is 45.4 Å². The molecule has 0 aromatic heterocycles. The molecule has 0 unspecified atom stereocenters. The van der Waals surface area contributed by atoms with Crippen LogP contribution in [-0.2, 0) is 0 Å². The maximum absolute atomic E-state index is 10.4. The highest BCUT2D eigenvalue weighted by molar-refractivity contribution is 5.29. The fraction of sp³-hybridized carbons (Fsp3) is 0.800. The monoisotopic (exact) mass is 304 g/mol. The highest BCUT2D eigenvalue weighted by Crippen LogP contribution is 2.63. The summed E-state index contributed by atoms with van der Waals surface area (Å²) in [6.07, 6.45) is 8.71. The normalized spacial score (nSPS) is 50.5. The molecule has 22 heavy (non-hydrogen) atoms. The molecule has 124 valence electrons. The topological polar surface area (TPSA) is 40.5 Å². The molecule has 0 radical (unpaired) electrons. The Kier molecular flexibility index (Phi) is 3.66. The van der Waals surface area contributed by atoms with Crippen molar-refractivity contribution in [3.63, 3.8) is 0 Å². The molecule has 2 saturated carbocycles. The van der Waals surface area contributed by atoms with Gasteiger partial charge in [0.1, 0.15) is 0 Å². The van der Waals surface area contributed by atoms with Gasteiger partial charge in [-0.3, -0.25) is 0 Å². The fourth-order valence-electron chi connectivity index (χ4n) is 5.55. The first-order valence-corrected chi connectivity index (χ1v) is 8.84. The molecule has 6 atom stereocenters. The van der Waals surface area contributed by atoms with Crippen LogP contribution in [0.15, 0.2) is 24.3 Å². The molecule has 2 nitrogen and oxygen atoms in total. The van der Waals surface area contributed by atoms with Crippen LogP contribution in [0, 0.1) is 28.1 Å². The Labute approximate surface area is 135 Å². The van der Waals surface area contributed by atoms with Crippen LogP contribution in [0.1, 0.15) is 59.8 Å². The summed E-state index contributed by atoms with van der Waals surface area (Å²) in [5, 5.41) is 20.9. The molecule has 0 aliphatic heterocycles. The highest BCUT2D eigenvalue weighted by atomic mass is 16.3. The Bertz CT molecular complexity index is 506. The zero-order valence-electron chi connectivity index (χ0n) is 14.6. The molecule has 0 spiro atoms. The van der Waals surface area contributed by atoms with Gasteiger partial charge < -0.3 is 10.2 Å². The molecule has 0 aromatic carbocycles. The van der Waals surface area contributed by atoms with E-state index in [2.05, 4.69) is 46.4 Å². The molecular formula is C20H32O2. The van der Waals surface area contributed by atoms with Gasteiger partial charge in [0, 0.05) is 5.41 Å². The Morgan fingerprint density at radius 2 is 1.86 bits per heavy atom. The first-order valence-electron chi connectivity index (χ1n) is 8.84. The van der Waals surface area contributed by atoms with Gasteiger partial charge in [-0.2, -0.15) is 0 Å². The minimum absolute atomic E-state index is 0.255. The quantitative estimate of drug-likeness (QED) is 0.717. The number of allylic oxidation sites excluding steroid dienone is 2. The van der Waals surface area contributed by atoms with E-state index in [1.165, 1.54) is 24.8 Å². The lowest BCUT2D eigenvalue weighted by molar-refractivity contribution is -0.107. The smallest absolute Gasteiger partial charge is 0.0887 e. The Balaban J connectivity index is 1.98. The van der Waals surface area contributed by atoms with Crippen LogP contribution in [0.5, 0.6) is 0 Å². The first kappa shape index (κ1) is 16.3. The van der Waals surface area contributed by atoms with Crippen molar-refractivity contribution in [3.05, 3.63) is 24.3 Å². The van der Waals surface area contributed by atoms with E-state index in [-0.39, 0.29) is 16.2 Å². The lowest BCUT2D eigenvalue weighted by Gasteiger charge is -2.59. The molecule has 0 heterocycles. The van der Waals surface area contributed by atoms with Gasteiger partial charge in [0.25, 0.3) is 0 Å². The third-order valence-corrected chi connectivity index (χ3v) is 7.49. The van der Waals surface area contributed by atoms with Crippen molar-refractivity contribution in [2.24, 2.45) is 28.1 Å². The van der Waals surface area contributed by atoms with Gasteiger partial charge in [-0.15, -0.1) is 6.58 Å². The van der Waals surface area contributed by atoms with E-state index in [1.807, 2.05) is 0 Å². The van der Waals surface area contributed by atoms with Gasteiger partial charge in [0.2, 0.25) is 0 Å². The van der Waals surface area contributed by atoms with E-state index in [0.29, 0.717) is 18.3 Å². The summed E-state index contributed by atoms with van der Waals surface area (Å²) in [5.74, 6) is 1.07. The predicted molar refractivity (Wildman–Crippen MR) is 90.4 cm³/mol. The second kappa shape index (κ2) is 4.95. The predicted octanol–water partition coefficient (Wildman–Crippen LogP) is 4.08. The third kappa shape index (κ3) is 2.14. The van der Waals surface area contributed by atoms with Gasteiger partial charge in [-0.05, 0) is 54.8 Å². The maximum atomic E-state index is 10.4. The molecule has 3 rings (SSSR count). The van der Waals surface area contributed by atoms with Gasteiger partial charge in [0.15, 0.2) is 0 Å². The maximum Gasteiger partial charge on any atom is 0.0887 e. The zero-order chi connectivity index (χ0) is 16.3. The van der Waals surface area contributed by atoms with Crippen molar-refractivity contribution in [1.29, 1.82) is 0 Å². The molecule has 2 N–H and O–H groups in total. The van der Waals surface area contributed by atoms with Crippen LogP contribution in [0.3, 0.4) is 0 Å². The highest BCUT2D eigenvalue weighted by Gasteiger charge is 2.56. The molecule has 3 aliphatic rings. The summed E-state index contributed by atoms with van der Waals surface area (Å²) < 4.78 is 0. The lowest BCUT2D eigenvalue weighted by atomic mass is 9.46. The Hall–Kier alpha value is -0.600. The van der Waals surface area contributed by atoms with Crippen LogP contribution in [0.25, 0.3) is 0 Å². The summed E-state index contributed by atoms with van der Waals surface area (Å²) >= 11 is 0. The van der Waals surface area contributed by atoms with Crippen molar-refractivity contribution < 1.29 is 10.2 Å². The first-order chi connectivity index (χ1) is 10.1. The van der Waals surface area contributed by atoms with Crippen LogP contribution < -0.4 is 0 Å². The summed E-state index contributed by atoms with van der Waals surface area (Å²) in [5.41, 5.74) is 1.60. The number of aliphatic hydroxyl groups is 2. The average Bonchev–Trinajstić information content (AvgIpc) is 2.47. The molecule has 0 saturated heterocycles. The fourth-order valence-corrected chi connectivity index (χ4v) is 5.55. The van der Waals surface area contributed by atoms with Gasteiger partial charge in [-0.25, -0.2) is 0 Å². The van der Waals surface area contributed by atoms with Crippen molar-refractivity contribution in [3.8, 4) is 0 Å². The average molecular weight is 304 g/mol. The zero-order valence-corrected chi connectivity index (χ0v) is 14.6. The Morgan fingerprint density at radius 3 is 2.50 bits per heavy atom. The molecule has 3 aliphatic carbocycles. The minimum Gasteiger partial charge on any atom is -0.390 e. The number of rotatable bonds is 1. The minimum atomic E-state index is -0.641. The van der Waals surface area contributed by atoms with Crippen LogP contribution in [-0.4, -0.2) is 22.4 Å². The third-order valence-electron chi connectivity index (χ3n) is 7.49. The number of hydrogen-bond donors (Lipinski definition) is 2. The van der Waals surface area contributed by atoms with Crippen molar-refractivity contribution in [2.45, 2.75) is 72.0 Å².